The van der Waals surface area contributed by atoms with Gasteiger partial charge in [-0.2, -0.15) is 5.26 Å². The van der Waals surface area contributed by atoms with Crippen LogP contribution in [0.2, 0.25) is 0 Å². The van der Waals surface area contributed by atoms with Gasteiger partial charge < -0.3 is 4.74 Å². The fourth-order valence-corrected chi connectivity index (χ4v) is 3.59. The Morgan fingerprint density at radius 3 is 2.87 bits per heavy atom. The number of rotatable bonds is 3. The quantitative estimate of drug-likeness (QED) is 0.933. The van der Waals surface area contributed by atoms with Crippen molar-refractivity contribution in [2.75, 3.05) is 4.72 Å². The zero-order chi connectivity index (χ0) is 16.6. The number of hydrogen-bond acceptors (Lipinski definition) is 5. The molecule has 3 rings (SSSR count). The van der Waals surface area contributed by atoms with Crippen molar-refractivity contribution in [3.05, 3.63) is 47.2 Å². The largest absolute Gasteiger partial charge is 0.490 e. The van der Waals surface area contributed by atoms with Crippen LogP contribution >= 0.6 is 0 Å². The Kier molecular flexibility index (Phi) is 3.70. The number of benzene rings is 1. The van der Waals surface area contributed by atoms with Gasteiger partial charge in [0.05, 0.1) is 16.5 Å². The van der Waals surface area contributed by atoms with Crippen molar-refractivity contribution < 1.29 is 13.2 Å². The molecule has 6 nitrogen and oxygen atoms in total. The maximum Gasteiger partial charge on any atom is 0.263 e. The van der Waals surface area contributed by atoms with Gasteiger partial charge in [-0.05, 0) is 49.7 Å². The standard InChI is InChI=1S/C16H15N3O3S/c1-10-5-12(9-17)7-16(18-10)19-23(20,21)14-3-4-15-13(8-14)6-11(2)22-15/h3-5,7-8,11H,6H2,1-2H3,(H,18,19)/t11-/m0/s1. The second-order valence-corrected chi connectivity index (χ2v) is 7.18. The maximum atomic E-state index is 12.5. The molecule has 1 N–H and O–H groups in total. The molecule has 0 fully saturated rings. The molecule has 0 spiro atoms. The summed E-state index contributed by atoms with van der Waals surface area (Å²) in [6, 6.07) is 9.75. The van der Waals surface area contributed by atoms with Crippen molar-refractivity contribution in [3.8, 4) is 11.8 Å². The number of pyridine rings is 1. The van der Waals surface area contributed by atoms with E-state index >= 15 is 0 Å². The average molecular weight is 329 g/mol. The second kappa shape index (κ2) is 5.56. The molecular formula is C16H15N3O3S. The minimum Gasteiger partial charge on any atom is -0.490 e. The molecule has 0 aliphatic carbocycles. The number of anilines is 1. The van der Waals surface area contributed by atoms with Crippen LogP contribution in [0.25, 0.3) is 0 Å². The van der Waals surface area contributed by atoms with Crippen LogP contribution in [0.1, 0.15) is 23.7 Å². The molecule has 0 radical (unpaired) electrons. The summed E-state index contributed by atoms with van der Waals surface area (Å²) in [7, 11) is -3.77. The lowest BCUT2D eigenvalue weighted by Gasteiger charge is -2.09. The number of nitriles is 1. The topological polar surface area (TPSA) is 92.1 Å². The summed E-state index contributed by atoms with van der Waals surface area (Å²) in [4.78, 5) is 4.26. The SMILES string of the molecule is Cc1cc(C#N)cc(NS(=O)(=O)c2ccc3c(c2)C[C@H](C)O3)n1. The van der Waals surface area contributed by atoms with Crippen LogP contribution in [-0.4, -0.2) is 19.5 Å². The molecule has 23 heavy (non-hydrogen) atoms. The van der Waals surface area contributed by atoms with E-state index in [2.05, 4.69) is 9.71 Å². The molecule has 2 aromatic rings. The van der Waals surface area contributed by atoms with E-state index in [0.717, 1.165) is 11.3 Å². The van der Waals surface area contributed by atoms with Gasteiger partial charge in [0.2, 0.25) is 0 Å². The molecular weight excluding hydrogens is 314 g/mol. The molecule has 0 bridgehead atoms. The summed E-state index contributed by atoms with van der Waals surface area (Å²) in [5.41, 5.74) is 1.79. The molecule has 1 aliphatic heterocycles. The van der Waals surface area contributed by atoms with Gasteiger partial charge in [0, 0.05) is 12.1 Å². The Labute approximate surface area is 134 Å². The predicted octanol–water partition coefficient (Wildman–Crippen LogP) is 2.39. The van der Waals surface area contributed by atoms with Crippen molar-refractivity contribution in [1.82, 2.24) is 4.98 Å². The molecule has 0 unspecified atom stereocenters. The molecule has 2 heterocycles. The number of ether oxygens (including phenoxy) is 1. The molecule has 0 saturated carbocycles. The third kappa shape index (κ3) is 3.12. The van der Waals surface area contributed by atoms with E-state index in [1.165, 1.54) is 12.1 Å². The van der Waals surface area contributed by atoms with Gasteiger partial charge in [0.25, 0.3) is 10.0 Å². The fraction of sp³-hybridized carbons (Fsp3) is 0.250. The number of sulfonamides is 1. The molecule has 118 valence electrons. The molecule has 1 aromatic heterocycles. The van der Waals surface area contributed by atoms with Gasteiger partial charge in [-0.1, -0.05) is 0 Å². The van der Waals surface area contributed by atoms with Crippen molar-refractivity contribution in [1.29, 1.82) is 5.26 Å². The lowest BCUT2D eigenvalue weighted by Crippen LogP contribution is -2.14. The number of hydrogen-bond donors (Lipinski definition) is 1. The summed E-state index contributed by atoms with van der Waals surface area (Å²) in [6.07, 6.45) is 0.729. The minimum atomic E-state index is -3.77. The number of aryl methyl sites for hydroxylation is 1. The minimum absolute atomic E-state index is 0.0486. The van der Waals surface area contributed by atoms with E-state index in [-0.39, 0.29) is 16.8 Å². The fourth-order valence-electron chi connectivity index (χ4n) is 2.55. The third-order valence-corrected chi connectivity index (χ3v) is 4.85. The Morgan fingerprint density at radius 1 is 1.35 bits per heavy atom. The zero-order valence-electron chi connectivity index (χ0n) is 12.7. The highest BCUT2D eigenvalue weighted by molar-refractivity contribution is 7.92. The molecule has 1 aromatic carbocycles. The van der Waals surface area contributed by atoms with Crippen LogP contribution in [0.4, 0.5) is 5.82 Å². The summed E-state index contributed by atoms with van der Waals surface area (Å²) in [6.45, 7) is 3.64. The highest BCUT2D eigenvalue weighted by atomic mass is 32.2. The summed E-state index contributed by atoms with van der Waals surface area (Å²) < 4.78 is 33.0. The Balaban J connectivity index is 1.93. The molecule has 1 aliphatic rings. The first-order valence-corrected chi connectivity index (χ1v) is 8.57. The van der Waals surface area contributed by atoms with E-state index in [4.69, 9.17) is 10.00 Å². The van der Waals surface area contributed by atoms with Crippen LogP contribution in [0.15, 0.2) is 35.2 Å². The van der Waals surface area contributed by atoms with E-state index in [9.17, 15) is 8.42 Å². The van der Waals surface area contributed by atoms with Crippen molar-refractivity contribution in [3.63, 3.8) is 0 Å². The van der Waals surface area contributed by atoms with Crippen LogP contribution in [-0.2, 0) is 16.4 Å². The van der Waals surface area contributed by atoms with Crippen LogP contribution in [0, 0.1) is 18.3 Å². The van der Waals surface area contributed by atoms with Gasteiger partial charge in [0.1, 0.15) is 17.7 Å². The monoisotopic (exact) mass is 329 g/mol. The van der Waals surface area contributed by atoms with Crippen LogP contribution in [0.3, 0.4) is 0 Å². The number of nitrogens with one attached hydrogen (secondary N) is 1. The van der Waals surface area contributed by atoms with Gasteiger partial charge in [-0.15, -0.1) is 0 Å². The van der Waals surface area contributed by atoms with E-state index in [1.54, 1.807) is 25.1 Å². The van der Waals surface area contributed by atoms with Crippen LogP contribution in [0.5, 0.6) is 5.75 Å². The first-order chi connectivity index (χ1) is 10.9. The van der Waals surface area contributed by atoms with E-state index in [1.807, 2.05) is 13.0 Å². The van der Waals surface area contributed by atoms with Gasteiger partial charge in [-0.25, -0.2) is 13.4 Å². The van der Waals surface area contributed by atoms with E-state index < -0.39 is 10.0 Å². The van der Waals surface area contributed by atoms with Crippen LogP contribution < -0.4 is 9.46 Å². The van der Waals surface area contributed by atoms with Gasteiger partial charge >= 0.3 is 0 Å². The van der Waals surface area contributed by atoms with Gasteiger partial charge in [-0.3, -0.25) is 4.72 Å². The summed E-state index contributed by atoms with van der Waals surface area (Å²) in [5.74, 6) is 0.851. The number of aromatic nitrogens is 1. The molecule has 0 saturated heterocycles. The van der Waals surface area contributed by atoms with E-state index in [0.29, 0.717) is 17.7 Å². The van der Waals surface area contributed by atoms with Crippen molar-refractivity contribution in [2.24, 2.45) is 0 Å². The lowest BCUT2D eigenvalue weighted by molar-refractivity contribution is 0.254. The highest BCUT2D eigenvalue weighted by Crippen LogP contribution is 2.31. The zero-order valence-corrected chi connectivity index (χ0v) is 13.5. The molecule has 1 atom stereocenters. The number of nitrogens with zero attached hydrogens (tertiary/aromatic N) is 2. The normalized spacial score (nSPS) is 16.3. The smallest absolute Gasteiger partial charge is 0.263 e. The van der Waals surface area contributed by atoms with Crippen molar-refractivity contribution >= 4 is 15.8 Å². The second-order valence-electron chi connectivity index (χ2n) is 5.50. The first-order valence-electron chi connectivity index (χ1n) is 7.08. The van der Waals surface area contributed by atoms with Crippen molar-refractivity contribution in [2.45, 2.75) is 31.3 Å². The summed E-state index contributed by atoms with van der Waals surface area (Å²) >= 11 is 0. The Bertz CT molecular complexity index is 917. The Morgan fingerprint density at radius 2 is 2.13 bits per heavy atom. The maximum absolute atomic E-state index is 12.5. The van der Waals surface area contributed by atoms with Gasteiger partial charge in [0.15, 0.2) is 0 Å². The Hall–Kier alpha value is -2.59. The highest BCUT2D eigenvalue weighted by Gasteiger charge is 2.23. The molecule has 0 amide bonds. The summed E-state index contributed by atoms with van der Waals surface area (Å²) in [5, 5.41) is 8.96. The third-order valence-electron chi connectivity index (χ3n) is 3.50. The number of fused-ring (bicyclic) bond motifs is 1. The predicted molar refractivity (Wildman–Crippen MR) is 84.7 cm³/mol. The lowest BCUT2D eigenvalue weighted by atomic mass is 10.1. The molecule has 7 heteroatoms. The average Bonchev–Trinajstić information content (AvgIpc) is 2.85. The first kappa shape index (κ1) is 15.3.